The van der Waals surface area contributed by atoms with Crippen molar-refractivity contribution < 1.29 is 13.5 Å². The fourth-order valence-electron chi connectivity index (χ4n) is 3.43. The van der Waals surface area contributed by atoms with Crippen molar-refractivity contribution in [3.05, 3.63) is 42.7 Å². The van der Waals surface area contributed by atoms with Gasteiger partial charge in [-0.3, -0.25) is 0 Å². The van der Waals surface area contributed by atoms with E-state index >= 15 is 0 Å². The molecule has 0 bridgehead atoms. The van der Waals surface area contributed by atoms with Gasteiger partial charge in [0.25, 0.3) is 10.0 Å². The first-order valence-electron chi connectivity index (χ1n) is 10.7. The monoisotopic (exact) mass is 470 g/mol. The summed E-state index contributed by atoms with van der Waals surface area (Å²) < 4.78 is 27.0. The van der Waals surface area contributed by atoms with Crippen LogP contribution in [0.15, 0.2) is 36.9 Å². The van der Waals surface area contributed by atoms with Crippen LogP contribution < -0.4 is 5.32 Å². The van der Waals surface area contributed by atoms with Gasteiger partial charge >= 0.3 is 0 Å². The molecular formula is C21H26N8O3S. The Morgan fingerprint density at radius 3 is 2.61 bits per heavy atom. The molecule has 2 N–H and O–H groups in total. The first-order valence-corrected chi connectivity index (χ1v) is 12.3. The minimum atomic E-state index is -3.48. The van der Waals surface area contributed by atoms with Gasteiger partial charge in [-0.15, -0.1) is 0 Å². The Balaban J connectivity index is 1.67. The van der Waals surface area contributed by atoms with Crippen LogP contribution in [0, 0.1) is 0 Å². The van der Waals surface area contributed by atoms with Crippen molar-refractivity contribution in [2.45, 2.75) is 46.3 Å². The summed E-state index contributed by atoms with van der Waals surface area (Å²) in [5.74, 6) is 1.91. The van der Waals surface area contributed by atoms with Crippen molar-refractivity contribution in [1.82, 2.24) is 33.7 Å². The van der Waals surface area contributed by atoms with Crippen LogP contribution in [0.5, 0.6) is 0 Å². The number of anilines is 2. The molecule has 2 atom stereocenters. The fraction of sp³-hybridized carbons (Fsp3) is 0.381. The third-order valence-corrected chi connectivity index (χ3v) is 6.89. The molecule has 4 heterocycles. The van der Waals surface area contributed by atoms with E-state index in [0.29, 0.717) is 34.4 Å². The van der Waals surface area contributed by atoms with Crippen LogP contribution in [-0.4, -0.2) is 53.0 Å². The second-order valence-corrected chi connectivity index (χ2v) is 9.84. The number of aliphatic hydroxyl groups excluding tert-OH is 1. The smallest absolute Gasteiger partial charge is 0.253 e. The van der Waals surface area contributed by atoms with E-state index < -0.39 is 16.1 Å². The van der Waals surface area contributed by atoms with E-state index in [4.69, 9.17) is 0 Å². The van der Waals surface area contributed by atoms with Gasteiger partial charge in [-0.05, 0) is 33.3 Å². The van der Waals surface area contributed by atoms with E-state index in [0.717, 1.165) is 16.0 Å². The van der Waals surface area contributed by atoms with Crippen molar-refractivity contribution in [2.75, 3.05) is 11.1 Å². The van der Waals surface area contributed by atoms with Crippen LogP contribution in [0.2, 0.25) is 0 Å². The van der Waals surface area contributed by atoms with E-state index in [1.54, 1.807) is 32.3 Å². The highest BCUT2D eigenvalue weighted by atomic mass is 32.2. The molecule has 11 nitrogen and oxygen atoms in total. The van der Waals surface area contributed by atoms with Crippen molar-refractivity contribution in [3.8, 4) is 11.4 Å². The number of aromatic nitrogens is 7. The van der Waals surface area contributed by atoms with Crippen molar-refractivity contribution in [2.24, 2.45) is 0 Å². The Morgan fingerprint density at radius 1 is 1.12 bits per heavy atom. The van der Waals surface area contributed by atoms with Crippen molar-refractivity contribution in [1.29, 1.82) is 0 Å². The molecule has 33 heavy (non-hydrogen) atoms. The minimum Gasteiger partial charge on any atom is -0.385 e. The summed E-state index contributed by atoms with van der Waals surface area (Å²) in [5.41, 5.74) is 2.04. The molecule has 4 aromatic rings. The molecular weight excluding hydrogens is 444 g/mol. The second-order valence-electron chi connectivity index (χ2n) is 7.72. The molecule has 0 saturated heterocycles. The average molecular weight is 471 g/mol. The van der Waals surface area contributed by atoms with E-state index in [2.05, 4.69) is 44.2 Å². The normalized spacial score (nSPS) is 13.8. The topological polar surface area (TPSA) is 141 Å². The third-order valence-electron chi connectivity index (χ3n) is 5.39. The molecule has 0 saturated carbocycles. The zero-order valence-corrected chi connectivity index (χ0v) is 19.7. The van der Waals surface area contributed by atoms with E-state index in [1.807, 2.05) is 10.6 Å². The van der Waals surface area contributed by atoms with Crippen LogP contribution in [0.25, 0.3) is 22.4 Å². The number of hydrogen-bond donors (Lipinski definition) is 2. The summed E-state index contributed by atoms with van der Waals surface area (Å²) in [6, 6.07) is 3.71. The summed E-state index contributed by atoms with van der Waals surface area (Å²) in [6.07, 6.45) is 6.22. The summed E-state index contributed by atoms with van der Waals surface area (Å²) in [5, 5.41) is 17.3. The number of hydrogen-bond acceptors (Lipinski definition) is 9. The van der Waals surface area contributed by atoms with Crippen molar-refractivity contribution in [3.63, 3.8) is 0 Å². The molecule has 0 amide bonds. The molecule has 12 heteroatoms. The average Bonchev–Trinajstić information content (AvgIpc) is 3.44. The first-order chi connectivity index (χ1) is 15.7. The number of rotatable bonds is 8. The van der Waals surface area contributed by atoms with Gasteiger partial charge in [-0.1, -0.05) is 6.92 Å². The van der Waals surface area contributed by atoms with Crippen LogP contribution >= 0.6 is 0 Å². The Kier molecular flexibility index (Phi) is 6.13. The maximum Gasteiger partial charge on any atom is 0.253 e. The van der Waals surface area contributed by atoms with Gasteiger partial charge in [0, 0.05) is 18.3 Å². The zero-order chi connectivity index (χ0) is 23.8. The molecule has 4 aromatic heterocycles. The molecule has 1 unspecified atom stereocenters. The van der Waals surface area contributed by atoms with Crippen LogP contribution in [0.1, 0.15) is 52.1 Å². The van der Waals surface area contributed by atoms with Gasteiger partial charge in [0.2, 0.25) is 0 Å². The number of nitrogens with one attached hydrogen (secondary N) is 1. The number of pyridine rings is 1. The number of aliphatic hydroxyl groups is 1. The highest BCUT2D eigenvalue weighted by Crippen LogP contribution is 2.28. The Bertz CT molecular complexity index is 1390. The molecule has 0 aliphatic carbocycles. The quantitative estimate of drug-likeness (QED) is 0.397. The maximum absolute atomic E-state index is 12.0. The number of fused-ring (bicyclic) bond motifs is 1. The molecule has 0 fully saturated rings. The minimum absolute atomic E-state index is 0.0608. The zero-order valence-electron chi connectivity index (χ0n) is 18.8. The van der Waals surface area contributed by atoms with Crippen LogP contribution in [0.3, 0.4) is 0 Å². The molecule has 0 aromatic carbocycles. The second kappa shape index (κ2) is 8.87. The summed E-state index contributed by atoms with van der Waals surface area (Å²) in [7, 11) is -3.48. The molecule has 0 spiro atoms. The lowest BCUT2D eigenvalue weighted by Gasteiger charge is -2.17. The molecule has 4 rings (SSSR count). The van der Waals surface area contributed by atoms with E-state index in [1.165, 1.54) is 12.4 Å². The first kappa shape index (κ1) is 22.8. The molecule has 0 radical (unpaired) electrons. The van der Waals surface area contributed by atoms with Gasteiger partial charge in [0.05, 0.1) is 35.4 Å². The maximum atomic E-state index is 12.0. The SMILES string of the molecule is CCC(C)n1c([C@@H](C)O)nc2cnc(Nc3ccnc(-c4cnn(S(=O)(=O)CC)c4)n3)cc21. The highest BCUT2D eigenvalue weighted by Gasteiger charge is 2.19. The van der Waals surface area contributed by atoms with Crippen LogP contribution in [0.4, 0.5) is 11.6 Å². The number of imidazole rings is 1. The highest BCUT2D eigenvalue weighted by molar-refractivity contribution is 7.89. The van der Waals surface area contributed by atoms with Crippen molar-refractivity contribution >= 4 is 32.7 Å². The van der Waals surface area contributed by atoms with Gasteiger partial charge in [-0.2, -0.15) is 9.19 Å². The largest absolute Gasteiger partial charge is 0.385 e. The Hall–Kier alpha value is -3.38. The Labute approximate surface area is 191 Å². The summed E-state index contributed by atoms with van der Waals surface area (Å²) in [4.78, 5) is 17.7. The lowest BCUT2D eigenvalue weighted by atomic mass is 10.2. The van der Waals surface area contributed by atoms with E-state index in [-0.39, 0.29) is 11.8 Å². The molecule has 0 aliphatic rings. The third kappa shape index (κ3) is 4.44. The molecule has 174 valence electrons. The molecule has 0 aliphatic heterocycles. The van der Waals surface area contributed by atoms with Gasteiger partial charge < -0.3 is 15.0 Å². The Morgan fingerprint density at radius 2 is 1.91 bits per heavy atom. The van der Waals surface area contributed by atoms with Gasteiger partial charge in [0.1, 0.15) is 29.1 Å². The van der Waals surface area contributed by atoms with Crippen LogP contribution in [-0.2, 0) is 10.0 Å². The van der Waals surface area contributed by atoms with E-state index in [9.17, 15) is 13.5 Å². The lowest BCUT2D eigenvalue weighted by Crippen LogP contribution is -2.14. The predicted octanol–water partition coefficient (Wildman–Crippen LogP) is 3.05. The fourth-order valence-corrected chi connectivity index (χ4v) is 4.16. The summed E-state index contributed by atoms with van der Waals surface area (Å²) in [6.45, 7) is 7.41. The van der Waals surface area contributed by atoms with Gasteiger partial charge in [-0.25, -0.2) is 28.4 Å². The number of nitrogens with zero attached hydrogens (tertiary/aromatic N) is 7. The van der Waals surface area contributed by atoms with Gasteiger partial charge in [0.15, 0.2) is 5.82 Å². The summed E-state index contributed by atoms with van der Waals surface area (Å²) >= 11 is 0. The predicted molar refractivity (Wildman–Crippen MR) is 125 cm³/mol. The standard InChI is InChI=1S/C21H26N8O3S/c1-5-13(3)29-17-9-19(23-11-16(17)25-21(29)14(4)30)26-18-7-8-22-20(27-18)15-10-24-28(12-15)33(31,32)6-2/h7-14,30H,5-6H2,1-4H3,(H,22,23,26,27)/t13?,14-/m1/s1. The lowest BCUT2D eigenvalue weighted by molar-refractivity contribution is 0.182.